The van der Waals surface area contributed by atoms with E-state index in [4.69, 9.17) is 9.47 Å². The van der Waals surface area contributed by atoms with Crippen LogP contribution in [0.25, 0.3) is 22.6 Å². The van der Waals surface area contributed by atoms with Crippen LogP contribution in [0.2, 0.25) is 0 Å². The molecule has 2 aliphatic rings. The number of hydrogen-bond acceptors (Lipinski definition) is 8. The first-order valence-corrected chi connectivity index (χ1v) is 14.8. The number of aromatic amines is 1. The lowest BCUT2D eigenvalue weighted by molar-refractivity contribution is -0.142. The second kappa shape index (κ2) is 13.4. The molecule has 0 atom stereocenters. The maximum atomic E-state index is 13.7. The van der Waals surface area contributed by atoms with Gasteiger partial charge in [-0.1, -0.05) is 26.2 Å². The van der Waals surface area contributed by atoms with E-state index in [9.17, 15) is 19.2 Å². The molecule has 0 aromatic carbocycles. The third-order valence-electron chi connectivity index (χ3n) is 8.02. The summed E-state index contributed by atoms with van der Waals surface area (Å²) in [7, 11) is 1.55. The number of H-pyrrole nitrogens is 1. The number of imidazole rings is 1. The zero-order valence-electron chi connectivity index (χ0n) is 24.3. The number of morpholine rings is 1. The van der Waals surface area contributed by atoms with Crippen LogP contribution in [0.1, 0.15) is 45.4 Å². The second-order valence-electron chi connectivity index (χ2n) is 10.8. The lowest BCUT2D eigenvalue weighted by atomic mass is 9.88. The molecule has 1 saturated heterocycles. The number of ether oxygens (including phenoxy) is 2. The zero-order chi connectivity index (χ0) is 29.6. The van der Waals surface area contributed by atoms with Crippen LogP contribution >= 0.6 is 0 Å². The van der Waals surface area contributed by atoms with Crippen molar-refractivity contribution in [3.05, 3.63) is 39.2 Å². The van der Waals surface area contributed by atoms with Gasteiger partial charge >= 0.3 is 5.69 Å². The highest BCUT2D eigenvalue weighted by Crippen LogP contribution is 2.28. The summed E-state index contributed by atoms with van der Waals surface area (Å²) in [4.78, 5) is 68.0. The highest BCUT2D eigenvalue weighted by molar-refractivity contribution is 5.94. The predicted octanol–water partition coefficient (Wildman–Crippen LogP) is 1.78. The van der Waals surface area contributed by atoms with Crippen LogP contribution in [0.3, 0.4) is 0 Å². The largest absolute Gasteiger partial charge is 0.383 e. The SMILES string of the molecule is CCCn1c(=O)c2[nH]c(-c3ccc(N(CCN4CCOCC4=O)C(=O)C4CCCCC4)nc3)nc2n(CCOC)c1=O. The molecular weight excluding hydrogens is 542 g/mol. The van der Waals surface area contributed by atoms with Crippen LogP contribution in [-0.2, 0) is 32.2 Å². The Balaban J connectivity index is 1.45. The van der Waals surface area contributed by atoms with E-state index in [0.717, 1.165) is 32.1 Å². The Morgan fingerprint density at radius 1 is 1.12 bits per heavy atom. The summed E-state index contributed by atoms with van der Waals surface area (Å²) in [5, 5.41) is 0. The Morgan fingerprint density at radius 2 is 1.93 bits per heavy atom. The second-order valence-corrected chi connectivity index (χ2v) is 10.8. The Labute approximate surface area is 243 Å². The highest BCUT2D eigenvalue weighted by atomic mass is 16.5. The van der Waals surface area contributed by atoms with Gasteiger partial charge in [-0.05, 0) is 31.4 Å². The third-order valence-corrected chi connectivity index (χ3v) is 8.02. The van der Waals surface area contributed by atoms with E-state index in [-0.39, 0.29) is 42.0 Å². The lowest BCUT2D eigenvalue weighted by Gasteiger charge is -2.32. The summed E-state index contributed by atoms with van der Waals surface area (Å²) >= 11 is 0. The smallest absolute Gasteiger partial charge is 0.332 e. The summed E-state index contributed by atoms with van der Waals surface area (Å²) in [6, 6.07) is 3.56. The van der Waals surface area contributed by atoms with Crippen LogP contribution < -0.4 is 16.1 Å². The molecule has 1 saturated carbocycles. The molecular formula is C29H39N7O6. The summed E-state index contributed by atoms with van der Waals surface area (Å²) in [6.07, 6.45) is 7.13. The number of nitrogens with zero attached hydrogens (tertiary/aromatic N) is 6. The molecule has 0 bridgehead atoms. The van der Waals surface area contributed by atoms with E-state index in [2.05, 4.69) is 15.0 Å². The number of carbonyl (C=O) groups excluding carboxylic acids is 2. The first-order chi connectivity index (χ1) is 20.4. The molecule has 4 heterocycles. The van der Waals surface area contributed by atoms with Gasteiger partial charge in [0.1, 0.15) is 23.8 Å². The first kappa shape index (κ1) is 29.6. The first-order valence-electron chi connectivity index (χ1n) is 14.8. The van der Waals surface area contributed by atoms with Crippen LogP contribution in [0, 0.1) is 5.92 Å². The molecule has 1 aliphatic heterocycles. The molecule has 3 aromatic heterocycles. The number of hydrogen-bond donors (Lipinski definition) is 1. The lowest BCUT2D eigenvalue weighted by Crippen LogP contribution is -2.47. The van der Waals surface area contributed by atoms with Crippen LogP contribution in [0.15, 0.2) is 27.9 Å². The van der Waals surface area contributed by atoms with Crippen molar-refractivity contribution in [2.45, 2.75) is 58.5 Å². The van der Waals surface area contributed by atoms with Gasteiger partial charge in [0, 0.05) is 51.0 Å². The molecule has 2 amide bonds. The number of nitrogens with one attached hydrogen (secondary N) is 1. The van der Waals surface area contributed by atoms with Gasteiger partial charge in [0.25, 0.3) is 5.56 Å². The molecule has 0 radical (unpaired) electrons. The standard InChI is InChI=1S/C29H39N7O6/c1-3-11-36-28(39)24-26(35(29(36)40)15-16-41-2)32-25(31-24)21-9-10-22(30-18-21)34(27(38)20-7-5-4-6-8-20)13-12-33-14-17-42-19-23(33)37/h9-10,18,20H,3-8,11-17,19H2,1-2H3,(H,31,32). The number of pyridine rings is 1. The minimum absolute atomic E-state index is 0.0260. The van der Waals surface area contributed by atoms with Crippen molar-refractivity contribution < 1.29 is 19.1 Å². The van der Waals surface area contributed by atoms with Gasteiger partial charge in [0.15, 0.2) is 5.65 Å². The summed E-state index contributed by atoms with van der Waals surface area (Å²) < 4.78 is 13.1. The fourth-order valence-electron chi connectivity index (χ4n) is 5.71. The maximum Gasteiger partial charge on any atom is 0.332 e. The topological polar surface area (TPSA) is 145 Å². The molecule has 5 rings (SSSR count). The number of aromatic nitrogens is 5. The Hall–Kier alpha value is -3.84. The van der Waals surface area contributed by atoms with Gasteiger partial charge in [0.05, 0.1) is 19.8 Å². The van der Waals surface area contributed by atoms with E-state index in [1.165, 1.54) is 9.13 Å². The number of amides is 2. The molecule has 1 aliphatic carbocycles. The van der Waals surface area contributed by atoms with Gasteiger partial charge in [-0.3, -0.25) is 28.4 Å². The van der Waals surface area contributed by atoms with E-state index in [0.29, 0.717) is 63.0 Å². The fourth-order valence-corrected chi connectivity index (χ4v) is 5.71. The summed E-state index contributed by atoms with van der Waals surface area (Å²) in [5.41, 5.74) is 0.264. The molecule has 42 heavy (non-hydrogen) atoms. The van der Waals surface area contributed by atoms with Gasteiger partial charge in [-0.15, -0.1) is 0 Å². The average molecular weight is 582 g/mol. The zero-order valence-corrected chi connectivity index (χ0v) is 24.3. The normalized spacial score (nSPS) is 16.3. The molecule has 1 N–H and O–H groups in total. The van der Waals surface area contributed by atoms with Crippen molar-refractivity contribution >= 4 is 28.8 Å². The van der Waals surface area contributed by atoms with Crippen molar-refractivity contribution in [1.29, 1.82) is 0 Å². The Kier molecular flexibility index (Phi) is 9.48. The van der Waals surface area contributed by atoms with Crippen LogP contribution in [0.5, 0.6) is 0 Å². The Morgan fingerprint density at radius 3 is 2.62 bits per heavy atom. The van der Waals surface area contributed by atoms with Gasteiger partial charge < -0.3 is 19.4 Å². The Bertz CT molecular complexity index is 1520. The third kappa shape index (κ3) is 6.16. The quantitative estimate of drug-likeness (QED) is 0.361. The molecule has 13 heteroatoms. The van der Waals surface area contributed by atoms with Crippen molar-refractivity contribution in [3.8, 4) is 11.4 Å². The number of anilines is 1. The summed E-state index contributed by atoms with van der Waals surface area (Å²) in [6.45, 7) is 4.52. The minimum atomic E-state index is -0.423. The molecule has 3 aromatic rings. The monoisotopic (exact) mass is 581 g/mol. The van der Waals surface area contributed by atoms with E-state index < -0.39 is 11.2 Å². The molecule has 226 valence electrons. The van der Waals surface area contributed by atoms with E-state index in [1.54, 1.807) is 35.2 Å². The number of carbonyl (C=O) groups is 2. The van der Waals surface area contributed by atoms with E-state index >= 15 is 0 Å². The van der Waals surface area contributed by atoms with Crippen molar-refractivity contribution in [2.75, 3.05) is 51.5 Å². The molecule has 0 spiro atoms. The van der Waals surface area contributed by atoms with Crippen molar-refractivity contribution in [2.24, 2.45) is 5.92 Å². The van der Waals surface area contributed by atoms with Crippen molar-refractivity contribution in [1.82, 2.24) is 29.0 Å². The van der Waals surface area contributed by atoms with Gasteiger partial charge in [-0.2, -0.15) is 0 Å². The van der Waals surface area contributed by atoms with Gasteiger partial charge in [-0.25, -0.2) is 14.8 Å². The molecule has 13 nitrogen and oxygen atoms in total. The minimum Gasteiger partial charge on any atom is -0.383 e. The molecule has 2 fully saturated rings. The van der Waals surface area contributed by atoms with Gasteiger partial charge in [0.2, 0.25) is 11.8 Å². The number of fused-ring (bicyclic) bond motifs is 1. The molecule has 0 unspecified atom stereocenters. The highest BCUT2D eigenvalue weighted by Gasteiger charge is 2.29. The number of methoxy groups -OCH3 is 1. The predicted molar refractivity (Wildman–Crippen MR) is 156 cm³/mol. The van der Waals surface area contributed by atoms with E-state index in [1.807, 2.05) is 6.92 Å². The van der Waals surface area contributed by atoms with Crippen LogP contribution in [0.4, 0.5) is 5.82 Å². The maximum absolute atomic E-state index is 13.7. The van der Waals surface area contributed by atoms with Crippen molar-refractivity contribution in [3.63, 3.8) is 0 Å². The van der Waals surface area contributed by atoms with Crippen LogP contribution in [-0.4, -0.2) is 87.4 Å². The fraction of sp³-hybridized carbons (Fsp3) is 0.586. The number of rotatable bonds is 11. The average Bonchev–Trinajstić information content (AvgIpc) is 3.46. The summed E-state index contributed by atoms with van der Waals surface area (Å²) in [5.74, 6) is 0.767.